The molecule has 2 N–H and O–H groups in total. The molecule has 0 saturated carbocycles. The number of hydrazone groups is 1. The van der Waals surface area contributed by atoms with E-state index in [4.69, 9.17) is 27.9 Å². The summed E-state index contributed by atoms with van der Waals surface area (Å²) in [5.74, 6) is -0.872. The van der Waals surface area contributed by atoms with Crippen LogP contribution in [0.5, 0.6) is 5.75 Å². The van der Waals surface area contributed by atoms with E-state index in [1.54, 1.807) is 47.6 Å². The largest absolute Gasteiger partial charge is 0.504 e. The number of ether oxygens (including phenoxy) is 1. The normalized spacial score (nSPS) is 14.4. The molecule has 1 aromatic carbocycles. The van der Waals surface area contributed by atoms with Crippen molar-refractivity contribution in [1.82, 2.24) is 10.4 Å². The van der Waals surface area contributed by atoms with E-state index in [1.165, 1.54) is 17.6 Å². The molecule has 0 unspecified atom stereocenters. The van der Waals surface area contributed by atoms with Gasteiger partial charge in [0.05, 0.1) is 37.9 Å². The number of hydrogen-bond acceptors (Lipinski definition) is 8. The lowest BCUT2D eigenvalue weighted by Gasteiger charge is -2.26. The first-order valence-electron chi connectivity index (χ1n) is 10.2. The highest BCUT2D eigenvalue weighted by Gasteiger charge is 2.26. The number of aromatic hydroxyl groups is 1. The standard InChI is InChI=1S/C22H20Cl2N4O4S2/c1-2-25-28(16-12-33-20(19(16)29)13-3-4-14(23)15(24)11-13)22(31)18-6-5-17(34-18)21(30)26-27-7-9-32-10-8-27/h2-6,11-12,29H,7-10H2,1H3,(H,26,30). The minimum absolute atomic E-state index is 0.107. The second kappa shape index (κ2) is 10.9. The molecule has 1 aliphatic rings. The molecule has 0 atom stereocenters. The average molecular weight is 539 g/mol. The van der Waals surface area contributed by atoms with Gasteiger partial charge in [-0.25, -0.2) is 5.01 Å². The van der Waals surface area contributed by atoms with Crippen molar-refractivity contribution < 1.29 is 19.4 Å². The van der Waals surface area contributed by atoms with Gasteiger partial charge in [-0.1, -0.05) is 29.3 Å². The van der Waals surface area contributed by atoms with Crippen LogP contribution in [0.2, 0.25) is 10.0 Å². The minimum Gasteiger partial charge on any atom is -0.504 e. The van der Waals surface area contributed by atoms with Crippen LogP contribution in [0.4, 0.5) is 5.69 Å². The third kappa shape index (κ3) is 5.27. The van der Waals surface area contributed by atoms with Crippen LogP contribution in [0.25, 0.3) is 10.4 Å². The Morgan fingerprint density at radius 2 is 1.91 bits per heavy atom. The van der Waals surface area contributed by atoms with Gasteiger partial charge in [-0.05, 0) is 36.8 Å². The molecular weight excluding hydrogens is 519 g/mol. The number of benzene rings is 1. The Kier molecular flexibility index (Phi) is 7.87. The van der Waals surface area contributed by atoms with Crippen LogP contribution in [0, 0.1) is 0 Å². The Hall–Kier alpha value is -2.47. The van der Waals surface area contributed by atoms with Gasteiger partial charge in [-0.2, -0.15) is 10.1 Å². The molecule has 2 amide bonds. The number of hydrazine groups is 1. The smallest absolute Gasteiger partial charge is 0.288 e. The zero-order valence-corrected chi connectivity index (χ0v) is 21.1. The maximum absolute atomic E-state index is 13.3. The molecule has 34 heavy (non-hydrogen) atoms. The number of hydrogen-bond donors (Lipinski definition) is 2. The van der Waals surface area contributed by atoms with Gasteiger partial charge in [0.25, 0.3) is 11.8 Å². The van der Waals surface area contributed by atoms with Gasteiger partial charge in [0.2, 0.25) is 0 Å². The summed E-state index contributed by atoms with van der Waals surface area (Å²) in [7, 11) is 0. The molecule has 12 heteroatoms. The van der Waals surface area contributed by atoms with Crippen LogP contribution in [0.1, 0.15) is 26.3 Å². The molecular formula is C22H20Cl2N4O4S2. The average Bonchev–Trinajstić information content (AvgIpc) is 3.47. The van der Waals surface area contributed by atoms with Crippen molar-refractivity contribution >= 4 is 69.6 Å². The molecule has 1 fully saturated rings. The predicted octanol–water partition coefficient (Wildman–Crippen LogP) is 5.12. The van der Waals surface area contributed by atoms with Gasteiger partial charge < -0.3 is 9.84 Å². The summed E-state index contributed by atoms with van der Waals surface area (Å²) in [5, 5.41) is 20.4. The topological polar surface area (TPSA) is 94.5 Å². The third-order valence-corrected chi connectivity index (χ3v) is 7.71. The molecule has 3 heterocycles. The van der Waals surface area contributed by atoms with E-state index < -0.39 is 5.91 Å². The molecule has 0 bridgehead atoms. The number of rotatable bonds is 6. The monoisotopic (exact) mass is 538 g/mol. The van der Waals surface area contributed by atoms with E-state index in [2.05, 4.69) is 10.5 Å². The summed E-state index contributed by atoms with van der Waals surface area (Å²) in [6.07, 6.45) is 1.45. The second-order valence-electron chi connectivity index (χ2n) is 7.12. The van der Waals surface area contributed by atoms with E-state index in [1.807, 2.05) is 0 Å². The fourth-order valence-electron chi connectivity index (χ4n) is 3.23. The van der Waals surface area contributed by atoms with Gasteiger partial charge in [-0.15, -0.1) is 22.7 Å². The van der Waals surface area contributed by atoms with Crippen LogP contribution in [-0.2, 0) is 4.74 Å². The quantitative estimate of drug-likeness (QED) is 0.335. The van der Waals surface area contributed by atoms with Gasteiger partial charge in [0.15, 0.2) is 5.75 Å². The fourth-order valence-corrected chi connectivity index (χ4v) is 5.27. The number of thiophene rings is 2. The Labute approximate surface area is 213 Å². The number of amides is 2. The van der Waals surface area contributed by atoms with E-state index in [0.717, 1.165) is 16.3 Å². The first-order chi connectivity index (χ1) is 16.4. The molecule has 8 nitrogen and oxygen atoms in total. The Bertz CT molecular complexity index is 1240. The molecule has 2 aromatic heterocycles. The van der Waals surface area contributed by atoms with Gasteiger partial charge >= 0.3 is 0 Å². The second-order valence-corrected chi connectivity index (χ2v) is 9.90. The number of nitrogens with zero attached hydrogens (tertiary/aromatic N) is 3. The number of carbonyl (C=O) groups is 2. The molecule has 178 valence electrons. The van der Waals surface area contributed by atoms with E-state index in [-0.39, 0.29) is 17.3 Å². The molecule has 1 aliphatic heterocycles. The summed E-state index contributed by atoms with van der Waals surface area (Å²) in [5.41, 5.74) is 3.71. The van der Waals surface area contributed by atoms with Crippen LogP contribution in [0.15, 0.2) is 40.8 Å². The van der Waals surface area contributed by atoms with Crippen LogP contribution in [-0.4, -0.2) is 54.4 Å². The summed E-state index contributed by atoms with van der Waals surface area (Å²) in [4.78, 5) is 27.1. The predicted molar refractivity (Wildman–Crippen MR) is 137 cm³/mol. The zero-order chi connectivity index (χ0) is 24.2. The Morgan fingerprint density at radius 3 is 2.62 bits per heavy atom. The number of halogens is 2. The van der Waals surface area contributed by atoms with Crippen LogP contribution in [0.3, 0.4) is 0 Å². The minimum atomic E-state index is -0.470. The van der Waals surface area contributed by atoms with Crippen molar-refractivity contribution in [2.45, 2.75) is 6.92 Å². The fraction of sp³-hybridized carbons (Fsp3) is 0.227. The molecule has 0 spiro atoms. The number of nitrogens with one attached hydrogen (secondary N) is 1. The highest BCUT2D eigenvalue weighted by atomic mass is 35.5. The van der Waals surface area contributed by atoms with Crippen molar-refractivity contribution in [2.75, 3.05) is 31.3 Å². The maximum Gasteiger partial charge on any atom is 0.288 e. The molecule has 3 aromatic rings. The number of anilines is 1. The Morgan fingerprint density at radius 1 is 1.18 bits per heavy atom. The van der Waals surface area contributed by atoms with Gasteiger partial charge in [0, 0.05) is 24.7 Å². The van der Waals surface area contributed by atoms with E-state index in [9.17, 15) is 14.7 Å². The first-order valence-corrected chi connectivity index (χ1v) is 12.7. The van der Waals surface area contributed by atoms with E-state index in [0.29, 0.717) is 56.5 Å². The van der Waals surface area contributed by atoms with Crippen molar-refractivity contribution in [3.63, 3.8) is 0 Å². The lowest BCUT2D eigenvalue weighted by Crippen LogP contribution is -2.48. The zero-order valence-electron chi connectivity index (χ0n) is 18.0. The molecule has 4 rings (SSSR count). The lowest BCUT2D eigenvalue weighted by molar-refractivity contribution is 0.0127. The number of morpholine rings is 1. The van der Waals surface area contributed by atoms with Gasteiger partial charge in [0.1, 0.15) is 5.69 Å². The van der Waals surface area contributed by atoms with Gasteiger partial charge in [-0.3, -0.25) is 15.0 Å². The molecule has 1 saturated heterocycles. The lowest BCUT2D eigenvalue weighted by atomic mass is 10.1. The van der Waals surface area contributed by atoms with Crippen molar-refractivity contribution in [3.05, 3.63) is 55.5 Å². The summed E-state index contributed by atoms with van der Waals surface area (Å²) in [6, 6.07) is 8.18. The van der Waals surface area contributed by atoms with Crippen molar-refractivity contribution in [3.8, 4) is 16.2 Å². The van der Waals surface area contributed by atoms with Crippen molar-refractivity contribution in [2.24, 2.45) is 5.10 Å². The highest BCUT2D eigenvalue weighted by molar-refractivity contribution is 7.16. The highest BCUT2D eigenvalue weighted by Crippen LogP contribution is 2.45. The summed E-state index contributed by atoms with van der Waals surface area (Å²) < 4.78 is 5.28. The first kappa shape index (κ1) is 24.6. The number of carbonyl (C=O) groups excluding carboxylic acids is 2. The summed E-state index contributed by atoms with van der Waals surface area (Å²) in [6.45, 7) is 3.96. The third-order valence-electron chi connectivity index (χ3n) is 4.89. The molecule has 0 aliphatic carbocycles. The SMILES string of the molecule is CC=NN(C(=O)c1ccc(C(=O)NN2CCOCC2)s1)c1csc(-c2ccc(Cl)c(Cl)c2)c1O. The Balaban J connectivity index is 1.56. The van der Waals surface area contributed by atoms with E-state index >= 15 is 0 Å². The van der Waals surface area contributed by atoms with Crippen LogP contribution < -0.4 is 10.4 Å². The summed E-state index contributed by atoms with van der Waals surface area (Å²) >= 11 is 14.4. The van der Waals surface area contributed by atoms with Crippen LogP contribution >= 0.6 is 45.9 Å². The van der Waals surface area contributed by atoms with Crippen molar-refractivity contribution in [1.29, 1.82) is 0 Å². The maximum atomic E-state index is 13.3. The molecule has 0 radical (unpaired) electrons.